The minimum absolute atomic E-state index is 0.0314. The van der Waals surface area contributed by atoms with Gasteiger partial charge in [0.15, 0.2) is 11.4 Å². The van der Waals surface area contributed by atoms with Crippen molar-refractivity contribution in [2.45, 2.75) is 44.8 Å². The molecule has 3 atom stereocenters. The largest absolute Gasteiger partial charge is 0.504 e. The monoisotopic (exact) mass is 696 g/mol. The molecule has 1 spiro atoms. The van der Waals surface area contributed by atoms with Crippen molar-refractivity contribution in [2.24, 2.45) is 21.4 Å². The molecule has 3 N–H and O–H groups in total. The summed E-state index contributed by atoms with van der Waals surface area (Å²) in [5.74, 6) is -1.12. The maximum Gasteiger partial charge on any atom is 0.416 e. The van der Waals surface area contributed by atoms with Gasteiger partial charge < -0.3 is 20.6 Å². The van der Waals surface area contributed by atoms with Gasteiger partial charge in [-0.25, -0.2) is 9.97 Å². The number of allylic oxidation sites excluding steroid dienone is 2. The number of hydrazone groups is 1. The molecule has 1 aliphatic heterocycles. The fraction of sp³-hybridized carbons (Fsp3) is 0.429. The maximum absolute atomic E-state index is 13.4. The lowest BCUT2D eigenvalue weighted by Crippen LogP contribution is -2.47. The molecule has 2 fully saturated rings. The van der Waals surface area contributed by atoms with Gasteiger partial charge in [-0.2, -0.15) is 18.3 Å². The van der Waals surface area contributed by atoms with E-state index in [0.29, 0.717) is 37.0 Å². The van der Waals surface area contributed by atoms with E-state index in [4.69, 9.17) is 11.6 Å². The number of aromatic hydroxyl groups is 1. The van der Waals surface area contributed by atoms with Crippen LogP contribution in [0.1, 0.15) is 47.4 Å². The van der Waals surface area contributed by atoms with Crippen molar-refractivity contribution in [3.63, 3.8) is 0 Å². The molecule has 3 unspecified atom stereocenters. The summed E-state index contributed by atoms with van der Waals surface area (Å²) in [6.45, 7) is 5.40. The molecule has 234 valence electrons. The Bertz CT molecular complexity index is 1550. The number of aryl methyl sites for hydroxylation is 1. The van der Waals surface area contributed by atoms with Crippen LogP contribution in [0.2, 0.25) is 5.02 Å². The number of anilines is 1. The highest BCUT2D eigenvalue weighted by Crippen LogP contribution is 2.63. The van der Waals surface area contributed by atoms with E-state index in [1.807, 2.05) is 0 Å². The highest BCUT2D eigenvalue weighted by Gasteiger charge is 2.63. The molecule has 0 bridgehead atoms. The van der Waals surface area contributed by atoms with E-state index in [-0.39, 0.29) is 46.6 Å². The first-order valence-corrected chi connectivity index (χ1v) is 15.2. The first-order valence-electron chi connectivity index (χ1n) is 13.7. The zero-order chi connectivity index (χ0) is 31.8. The number of carbonyl (C=O) groups is 2. The van der Waals surface area contributed by atoms with Crippen molar-refractivity contribution in [1.82, 2.24) is 25.2 Å². The maximum atomic E-state index is 13.4. The summed E-state index contributed by atoms with van der Waals surface area (Å²) in [5, 5.41) is 21.6. The number of fused-ring (bicyclic) bond motifs is 2. The molecule has 1 saturated carbocycles. The number of benzene rings is 1. The minimum atomic E-state index is -4.57. The molecule has 2 aromatic rings. The van der Waals surface area contributed by atoms with Gasteiger partial charge in [0.05, 0.1) is 39.5 Å². The molecule has 11 nitrogen and oxygen atoms in total. The Morgan fingerprint density at radius 3 is 2.80 bits per heavy atom. The van der Waals surface area contributed by atoms with E-state index in [9.17, 15) is 27.9 Å². The van der Waals surface area contributed by atoms with Gasteiger partial charge in [0.2, 0.25) is 5.91 Å². The third-order valence-electron chi connectivity index (χ3n) is 8.40. The SMILES string of the molecule is C=NN(CC(=O)Nc1ccc(C(F)(F)F)cc1Cl)C1=C(N/C=N/CBr)CCC12CCN(C(=O)c1ncnc(C)c1O)C1CC12. The van der Waals surface area contributed by atoms with Gasteiger partial charge in [-0.05, 0) is 56.7 Å². The average molecular weight is 698 g/mol. The Morgan fingerprint density at radius 2 is 2.11 bits per heavy atom. The fourth-order valence-corrected chi connectivity index (χ4v) is 6.69. The number of alkyl halides is 4. The third kappa shape index (κ3) is 5.99. The van der Waals surface area contributed by atoms with E-state index < -0.39 is 23.1 Å². The number of amides is 2. The van der Waals surface area contributed by atoms with Crippen molar-refractivity contribution in [3.8, 4) is 5.75 Å². The van der Waals surface area contributed by atoms with E-state index in [1.54, 1.807) is 18.2 Å². The van der Waals surface area contributed by atoms with E-state index in [0.717, 1.165) is 36.0 Å². The summed E-state index contributed by atoms with van der Waals surface area (Å²) in [6, 6.07) is 2.59. The highest BCUT2D eigenvalue weighted by atomic mass is 79.9. The van der Waals surface area contributed by atoms with Crippen LogP contribution in [-0.4, -0.2) is 74.4 Å². The number of piperidine rings is 1. The number of likely N-dealkylation sites (tertiary alicyclic amines) is 1. The molecule has 1 saturated heterocycles. The lowest BCUT2D eigenvalue weighted by Gasteiger charge is -2.42. The second kappa shape index (κ2) is 12.3. The molecule has 2 aliphatic carbocycles. The highest BCUT2D eigenvalue weighted by molar-refractivity contribution is 9.09. The number of rotatable bonds is 9. The minimum Gasteiger partial charge on any atom is -0.504 e. The van der Waals surface area contributed by atoms with Crippen LogP contribution in [0.4, 0.5) is 18.9 Å². The molecule has 1 aromatic heterocycles. The first kappa shape index (κ1) is 31.7. The molecule has 44 heavy (non-hydrogen) atoms. The smallest absolute Gasteiger partial charge is 0.416 e. The van der Waals surface area contributed by atoms with E-state index >= 15 is 0 Å². The molecule has 2 heterocycles. The van der Waals surface area contributed by atoms with Gasteiger partial charge in [-0.15, -0.1) is 0 Å². The lowest BCUT2D eigenvalue weighted by atomic mass is 9.74. The van der Waals surface area contributed by atoms with Crippen LogP contribution in [0.25, 0.3) is 0 Å². The number of aliphatic imine (C=N–C) groups is 1. The molecule has 2 amide bonds. The second-order valence-electron chi connectivity index (χ2n) is 10.8. The van der Waals surface area contributed by atoms with Crippen LogP contribution in [0.5, 0.6) is 5.75 Å². The number of hydrogen-bond donors (Lipinski definition) is 3. The Kier molecular flexibility index (Phi) is 8.89. The van der Waals surface area contributed by atoms with Gasteiger partial charge >= 0.3 is 6.18 Å². The topological polar surface area (TPSA) is 135 Å². The lowest BCUT2D eigenvalue weighted by molar-refractivity contribution is -0.137. The summed E-state index contributed by atoms with van der Waals surface area (Å²) in [6.07, 6.45) is 0.849. The van der Waals surface area contributed by atoms with Crippen LogP contribution in [0.15, 0.2) is 46.0 Å². The van der Waals surface area contributed by atoms with Gasteiger partial charge in [-0.3, -0.25) is 19.6 Å². The van der Waals surface area contributed by atoms with Gasteiger partial charge in [0, 0.05) is 30.4 Å². The van der Waals surface area contributed by atoms with Crippen LogP contribution < -0.4 is 10.6 Å². The predicted octanol–water partition coefficient (Wildman–Crippen LogP) is 4.92. The summed E-state index contributed by atoms with van der Waals surface area (Å²) < 4.78 is 39.2. The molecule has 1 aromatic carbocycles. The molecular formula is C28H29BrClF3N8O3. The Morgan fingerprint density at radius 1 is 1.34 bits per heavy atom. The number of hydrogen-bond acceptors (Lipinski definition) is 8. The average Bonchev–Trinajstić information content (AvgIpc) is 3.72. The van der Waals surface area contributed by atoms with Gasteiger partial charge in [-0.1, -0.05) is 27.5 Å². The molecular weight excluding hydrogens is 669 g/mol. The van der Waals surface area contributed by atoms with E-state index in [1.165, 1.54) is 11.3 Å². The number of nitrogens with one attached hydrogen (secondary N) is 2. The normalized spacial score (nSPS) is 22.7. The molecule has 5 rings (SSSR count). The van der Waals surface area contributed by atoms with Gasteiger partial charge in [0.1, 0.15) is 12.9 Å². The second-order valence-corrected chi connectivity index (χ2v) is 11.7. The molecule has 3 aliphatic rings. The molecule has 16 heteroatoms. The van der Waals surface area contributed by atoms with Crippen molar-refractivity contribution in [1.29, 1.82) is 0 Å². The fourth-order valence-electron chi connectivity index (χ4n) is 6.32. The van der Waals surface area contributed by atoms with Crippen LogP contribution in [0, 0.1) is 18.3 Å². The first-order chi connectivity index (χ1) is 20.9. The van der Waals surface area contributed by atoms with Crippen molar-refractivity contribution in [2.75, 3.05) is 23.9 Å². The van der Waals surface area contributed by atoms with Crippen molar-refractivity contribution < 1.29 is 27.9 Å². The Balaban J connectivity index is 1.38. The summed E-state index contributed by atoms with van der Waals surface area (Å²) in [5.41, 5.74) is 0.872. The van der Waals surface area contributed by atoms with Crippen LogP contribution in [0.3, 0.4) is 0 Å². The predicted molar refractivity (Wildman–Crippen MR) is 161 cm³/mol. The Hall–Kier alpha value is -3.72. The van der Waals surface area contributed by atoms with Crippen LogP contribution >= 0.6 is 27.5 Å². The summed E-state index contributed by atoms with van der Waals surface area (Å²) in [4.78, 5) is 40.5. The van der Waals surface area contributed by atoms with Crippen molar-refractivity contribution >= 4 is 58.1 Å². The van der Waals surface area contributed by atoms with Crippen molar-refractivity contribution in [3.05, 3.63) is 57.9 Å². The summed E-state index contributed by atoms with van der Waals surface area (Å²) in [7, 11) is 0. The molecule has 0 radical (unpaired) electrons. The number of aromatic nitrogens is 2. The number of halogens is 5. The Labute approximate surface area is 264 Å². The third-order valence-corrected chi connectivity index (χ3v) is 9.01. The van der Waals surface area contributed by atoms with Gasteiger partial charge in [0.25, 0.3) is 5.91 Å². The zero-order valence-corrected chi connectivity index (χ0v) is 25.9. The number of nitrogens with zero attached hydrogens (tertiary/aromatic N) is 6. The zero-order valence-electron chi connectivity index (χ0n) is 23.5. The standard InChI is InChI=1S/C28H29BrClF3N8O3/c1-15-24(43)23(38-14-36-15)26(44)40-8-7-27(17-10-21(17)40)6-5-20(37-13-35-12-29)25(27)41(34-2)11-22(42)39-19-4-3-16(9-18(19)30)28(31,32)33/h3-4,9,13-14,17,21,43H,2,5-8,10-12H2,1H3,(H,35,37)(H,39,42). The quantitative estimate of drug-likeness (QED) is 0.111. The number of carbonyl (C=O) groups excluding carboxylic acids is 2. The van der Waals surface area contributed by atoms with E-state index in [2.05, 4.69) is 53.3 Å². The summed E-state index contributed by atoms with van der Waals surface area (Å²) >= 11 is 9.31. The van der Waals surface area contributed by atoms with Crippen LogP contribution in [-0.2, 0) is 11.0 Å².